The van der Waals surface area contributed by atoms with E-state index in [-0.39, 0.29) is 0 Å². The molecule has 12 heavy (non-hydrogen) atoms. The summed E-state index contributed by atoms with van der Waals surface area (Å²) in [4.78, 5) is 0. The van der Waals surface area contributed by atoms with Gasteiger partial charge in [0.25, 0.3) is 0 Å². The number of hydrogen-bond acceptors (Lipinski definition) is 4. The SMILES string of the molecule is C1CNC(C2CNCCO2)CN1. The number of nitrogens with one attached hydrogen (secondary N) is 3. The summed E-state index contributed by atoms with van der Waals surface area (Å²) in [6, 6.07) is 0.492. The van der Waals surface area contributed by atoms with Crippen molar-refractivity contribution in [2.24, 2.45) is 0 Å². The summed E-state index contributed by atoms with van der Waals surface area (Å²) in [5.74, 6) is 0. The maximum absolute atomic E-state index is 5.65. The van der Waals surface area contributed by atoms with Crippen molar-refractivity contribution in [3.8, 4) is 0 Å². The number of hydrogen-bond donors (Lipinski definition) is 3. The van der Waals surface area contributed by atoms with Crippen molar-refractivity contribution in [3.63, 3.8) is 0 Å². The van der Waals surface area contributed by atoms with Crippen LogP contribution in [-0.4, -0.2) is 51.5 Å². The number of ether oxygens (including phenoxy) is 1. The maximum Gasteiger partial charge on any atom is 0.0865 e. The van der Waals surface area contributed by atoms with Gasteiger partial charge in [0.2, 0.25) is 0 Å². The van der Waals surface area contributed by atoms with Gasteiger partial charge < -0.3 is 20.7 Å². The lowest BCUT2D eigenvalue weighted by Crippen LogP contribution is -2.58. The van der Waals surface area contributed by atoms with Crippen LogP contribution in [0.5, 0.6) is 0 Å². The lowest BCUT2D eigenvalue weighted by atomic mass is 10.1. The lowest BCUT2D eigenvalue weighted by Gasteiger charge is -2.34. The average Bonchev–Trinajstić information content (AvgIpc) is 2.21. The minimum Gasteiger partial charge on any atom is -0.374 e. The summed E-state index contributed by atoms with van der Waals surface area (Å²) in [6.45, 7) is 6.01. The molecule has 2 heterocycles. The molecule has 2 fully saturated rings. The van der Waals surface area contributed by atoms with Crippen LogP contribution in [0.1, 0.15) is 0 Å². The van der Waals surface area contributed by atoms with Gasteiger partial charge in [0.05, 0.1) is 12.7 Å². The second-order valence-electron chi connectivity index (χ2n) is 3.38. The molecule has 70 valence electrons. The average molecular weight is 171 g/mol. The molecule has 0 radical (unpaired) electrons. The van der Waals surface area contributed by atoms with E-state index in [1.165, 1.54) is 0 Å². The van der Waals surface area contributed by atoms with Crippen molar-refractivity contribution in [2.75, 3.05) is 39.3 Å². The number of piperazine rings is 1. The fourth-order valence-electron chi connectivity index (χ4n) is 1.78. The van der Waals surface area contributed by atoms with Crippen LogP contribution in [0.15, 0.2) is 0 Å². The summed E-state index contributed by atoms with van der Waals surface area (Å²) in [6.07, 6.45) is 0.353. The Morgan fingerprint density at radius 2 is 1.92 bits per heavy atom. The van der Waals surface area contributed by atoms with Crippen molar-refractivity contribution in [2.45, 2.75) is 12.1 Å². The molecule has 3 N–H and O–H groups in total. The Morgan fingerprint density at radius 3 is 2.58 bits per heavy atom. The molecule has 0 aromatic carbocycles. The zero-order valence-corrected chi connectivity index (χ0v) is 7.31. The van der Waals surface area contributed by atoms with E-state index in [9.17, 15) is 0 Å². The molecule has 2 saturated heterocycles. The van der Waals surface area contributed by atoms with Gasteiger partial charge in [-0.15, -0.1) is 0 Å². The van der Waals surface area contributed by atoms with E-state index in [0.717, 1.165) is 39.3 Å². The Bertz CT molecular complexity index is 114. The van der Waals surface area contributed by atoms with Crippen molar-refractivity contribution >= 4 is 0 Å². The fraction of sp³-hybridized carbons (Fsp3) is 1.00. The molecular formula is C8H17N3O. The molecule has 0 aliphatic carbocycles. The van der Waals surface area contributed by atoms with Crippen molar-refractivity contribution < 1.29 is 4.74 Å². The van der Waals surface area contributed by atoms with Gasteiger partial charge >= 0.3 is 0 Å². The highest BCUT2D eigenvalue weighted by Gasteiger charge is 2.24. The van der Waals surface area contributed by atoms with Gasteiger partial charge in [-0.1, -0.05) is 0 Å². The first-order valence-corrected chi connectivity index (χ1v) is 4.73. The molecule has 0 saturated carbocycles. The van der Waals surface area contributed by atoms with Crippen LogP contribution >= 0.6 is 0 Å². The zero-order chi connectivity index (χ0) is 8.23. The summed E-state index contributed by atoms with van der Waals surface area (Å²) >= 11 is 0. The van der Waals surface area contributed by atoms with Crippen LogP contribution in [0, 0.1) is 0 Å². The number of morpholine rings is 1. The molecule has 2 aliphatic heterocycles. The molecule has 4 nitrogen and oxygen atoms in total. The Kier molecular flexibility index (Phi) is 2.94. The smallest absolute Gasteiger partial charge is 0.0865 e. The van der Waals surface area contributed by atoms with Gasteiger partial charge in [-0.2, -0.15) is 0 Å². The van der Waals surface area contributed by atoms with Gasteiger partial charge in [-0.25, -0.2) is 0 Å². The van der Waals surface area contributed by atoms with Crippen LogP contribution < -0.4 is 16.0 Å². The van der Waals surface area contributed by atoms with E-state index in [2.05, 4.69) is 16.0 Å². The quantitative estimate of drug-likeness (QED) is 0.451. The molecular weight excluding hydrogens is 154 g/mol. The normalized spacial score (nSPS) is 38.0. The zero-order valence-electron chi connectivity index (χ0n) is 7.31. The van der Waals surface area contributed by atoms with E-state index in [4.69, 9.17) is 4.74 Å². The van der Waals surface area contributed by atoms with E-state index in [0.29, 0.717) is 12.1 Å². The standard InChI is InChI=1S/C8H17N3O/c1-2-11-7(5-9-1)8-6-10-3-4-12-8/h7-11H,1-6H2. The molecule has 0 aromatic heterocycles. The fourth-order valence-corrected chi connectivity index (χ4v) is 1.78. The Labute approximate surface area is 73.0 Å². The first-order chi connectivity index (χ1) is 5.97. The predicted octanol–water partition coefficient (Wildman–Crippen LogP) is -1.46. The highest BCUT2D eigenvalue weighted by molar-refractivity contribution is 4.85. The van der Waals surface area contributed by atoms with Crippen molar-refractivity contribution in [3.05, 3.63) is 0 Å². The van der Waals surface area contributed by atoms with E-state index in [1.54, 1.807) is 0 Å². The Hall–Kier alpha value is -0.160. The third kappa shape index (κ3) is 1.95. The third-order valence-electron chi connectivity index (χ3n) is 2.48. The molecule has 2 rings (SSSR count). The maximum atomic E-state index is 5.65. The first-order valence-electron chi connectivity index (χ1n) is 4.73. The second-order valence-corrected chi connectivity index (χ2v) is 3.38. The lowest BCUT2D eigenvalue weighted by molar-refractivity contribution is 0.00173. The first kappa shape index (κ1) is 8.44. The summed E-state index contributed by atoms with van der Waals surface area (Å²) in [5, 5.41) is 10.2. The van der Waals surface area contributed by atoms with Crippen LogP contribution in [0.3, 0.4) is 0 Å². The number of rotatable bonds is 1. The summed E-state index contributed by atoms with van der Waals surface area (Å²) in [5.41, 5.74) is 0. The monoisotopic (exact) mass is 171 g/mol. The van der Waals surface area contributed by atoms with Gasteiger partial charge in [0.15, 0.2) is 0 Å². The van der Waals surface area contributed by atoms with Gasteiger partial charge in [0.1, 0.15) is 0 Å². The Morgan fingerprint density at radius 1 is 1.00 bits per heavy atom. The summed E-state index contributed by atoms with van der Waals surface area (Å²) < 4.78 is 5.65. The van der Waals surface area contributed by atoms with E-state index in [1.807, 2.05) is 0 Å². The van der Waals surface area contributed by atoms with Crippen molar-refractivity contribution in [1.29, 1.82) is 0 Å². The van der Waals surface area contributed by atoms with E-state index >= 15 is 0 Å². The highest BCUT2D eigenvalue weighted by atomic mass is 16.5. The van der Waals surface area contributed by atoms with Gasteiger partial charge in [0, 0.05) is 38.8 Å². The topological polar surface area (TPSA) is 45.3 Å². The molecule has 0 aromatic rings. The highest BCUT2D eigenvalue weighted by Crippen LogP contribution is 2.03. The molecule has 4 heteroatoms. The van der Waals surface area contributed by atoms with E-state index < -0.39 is 0 Å². The molecule has 2 aliphatic rings. The third-order valence-corrected chi connectivity index (χ3v) is 2.48. The molecule has 0 spiro atoms. The largest absolute Gasteiger partial charge is 0.374 e. The van der Waals surface area contributed by atoms with Gasteiger partial charge in [-0.05, 0) is 0 Å². The second kappa shape index (κ2) is 4.18. The minimum atomic E-state index is 0.353. The van der Waals surface area contributed by atoms with Crippen LogP contribution in [-0.2, 0) is 4.74 Å². The van der Waals surface area contributed by atoms with Crippen LogP contribution in [0.2, 0.25) is 0 Å². The summed E-state index contributed by atoms with van der Waals surface area (Å²) in [7, 11) is 0. The molecule has 2 atom stereocenters. The van der Waals surface area contributed by atoms with Crippen molar-refractivity contribution in [1.82, 2.24) is 16.0 Å². The minimum absolute atomic E-state index is 0.353. The molecule has 0 bridgehead atoms. The molecule has 2 unspecified atom stereocenters. The van der Waals surface area contributed by atoms with Crippen LogP contribution in [0.25, 0.3) is 0 Å². The predicted molar refractivity (Wildman–Crippen MR) is 47.3 cm³/mol. The van der Waals surface area contributed by atoms with Gasteiger partial charge in [-0.3, -0.25) is 0 Å². The van der Waals surface area contributed by atoms with Crippen LogP contribution in [0.4, 0.5) is 0 Å². The molecule has 0 amide bonds. The Balaban J connectivity index is 1.80.